The molecular weight excluding hydrogens is 363 g/mol. The fraction of sp³-hybridized carbons (Fsp3) is 0.316. The molecule has 6 heteroatoms. The Bertz CT molecular complexity index is 776. The van der Waals surface area contributed by atoms with Gasteiger partial charge in [-0.1, -0.05) is 55.2 Å². The lowest BCUT2D eigenvalue weighted by Gasteiger charge is -2.04. The predicted molar refractivity (Wildman–Crippen MR) is 95.6 cm³/mol. The topological polar surface area (TPSA) is 48.7 Å². The summed E-state index contributed by atoms with van der Waals surface area (Å²) in [6.45, 7) is 4.01. The number of esters is 1. The minimum Gasteiger partial charge on any atom is -0.457 e. The predicted octanol–water partition coefficient (Wildman–Crippen LogP) is 5.71. The number of halogens is 2. The lowest BCUT2D eigenvalue weighted by atomic mass is 10.1. The molecule has 1 heterocycles. The van der Waals surface area contributed by atoms with E-state index in [1.165, 1.54) is 0 Å². The van der Waals surface area contributed by atoms with Gasteiger partial charge in [-0.3, -0.25) is 4.79 Å². The lowest BCUT2D eigenvalue weighted by Crippen LogP contribution is -2.10. The van der Waals surface area contributed by atoms with Crippen LogP contribution in [0.2, 0.25) is 0 Å². The number of carbonyl (C=O) groups excluding carboxylic acids is 1. The first-order valence-corrected chi connectivity index (χ1v) is 8.64. The van der Waals surface area contributed by atoms with Crippen LogP contribution in [0.4, 0.5) is 0 Å². The van der Waals surface area contributed by atoms with Gasteiger partial charge in [-0.2, -0.15) is 0 Å². The lowest BCUT2D eigenvalue weighted by molar-refractivity contribution is -0.148. The van der Waals surface area contributed by atoms with Gasteiger partial charge in [0.25, 0.3) is 5.95 Å². The van der Waals surface area contributed by atoms with Crippen molar-refractivity contribution in [3.63, 3.8) is 0 Å². The number of benzene rings is 1. The summed E-state index contributed by atoms with van der Waals surface area (Å²) in [7, 11) is 0. The third-order valence-corrected chi connectivity index (χ3v) is 4.68. The molecule has 1 aromatic carbocycles. The Morgan fingerprint density at radius 1 is 1.20 bits per heavy atom. The number of hydrogen-bond donors (Lipinski definition) is 0. The van der Waals surface area contributed by atoms with Gasteiger partial charge in [0.2, 0.25) is 0 Å². The van der Waals surface area contributed by atoms with Gasteiger partial charge in [0, 0.05) is 6.07 Å². The van der Waals surface area contributed by atoms with Crippen LogP contribution in [-0.4, -0.2) is 5.97 Å². The van der Waals surface area contributed by atoms with E-state index in [-0.39, 0.29) is 34.3 Å². The highest BCUT2D eigenvalue weighted by molar-refractivity contribution is 6.55. The van der Waals surface area contributed by atoms with Crippen molar-refractivity contribution >= 4 is 29.2 Å². The molecule has 0 aliphatic heterocycles. The molecule has 0 saturated heterocycles. The quantitative estimate of drug-likeness (QED) is 0.602. The summed E-state index contributed by atoms with van der Waals surface area (Å²) in [5, 5.41) is 0. The average molecular weight is 381 g/mol. The molecule has 132 valence electrons. The molecular formula is C19H18Cl2O4. The molecule has 25 heavy (non-hydrogen) atoms. The van der Waals surface area contributed by atoms with Crippen LogP contribution in [0.15, 0.2) is 57.4 Å². The van der Waals surface area contributed by atoms with Crippen molar-refractivity contribution in [2.45, 2.75) is 20.5 Å². The first-order valence-electron chi connectivity index (χ1n) is 7.89. The van der Waals surface area contributed by atoms with E-state index in [4.69, 9.17) is 37.1 Å². The molecule has 1 fully saturated rings. The second kappa shape index (κ2) is 7.14. The van der Waals surface area contributed by atoms with Crippen LogP contribution in [0, 0.1) is 17.3 Å². The van der Waals surface area contributed by atoms with Crippen LogP contribution >= 0.6 is 23.2 Å². The van der Waals surface area contributed by atoms with Crippen molar-refractivity contribution in [1.29, 1.82) is 0 Å². The number of rotatable bonds is 6. The monoisotopic (exact) mass is 380 g/mol. The summed E-state index contributed by atoms with van der Waals surface area (Å²) < 4.78 is 16.6. The van der Waals surface area contributed by atoms with Crippen LogP contribution < -0.4 is 4.74 Å². The third kappa shape index (κ3) is 4.20. The minimum atomic E-state index is -0.289. The van der Waals surface area contributed by atoms with E-state index in [2.05, 4.69) is 0 Å². The smallest absolute Gasteiger partial charge is 0.310 e. The number of ether oxygens (including phenoxy) is 2. The second-order valence-corrected chi connectivity index (χ2v) is 7.53. The Balaban J connectivity index is 1.54. The van der Waals surface area contributed by atoms with E-state index < -0.39 is 0 Å². The molecule has 2 atom stereocenters. The Morgan fingerprint density at radius 2 is 1.92 bits per heavy atom. The molecule has 1 aliphatic rings. The Labute approximate surface area is 156 Å². The first kappa shape index (κ1) is 17.9. The maximum Gasteiger partial charge on any atom is 0.310 e. The van der Waals surface area contributed by atoms with Gasteiger partial charge in [0.15, 0.2) is 0 Å². The van der Waals surface area contributed by atoms with Crippen LogP contribution in [-0.2, 0) is 16.1 Å². The van der Waals surface area contributed by atoms with Gasteiger partial charge >= 0.3 is 5.97 Å². The van der Waals surface area contributed by atoms with Gasteiger partial charge in [-0.05, 0) is 35.6 Å². The van der Waals surface area contributed by atoms with Gasteiger partial charge < -0.3 is 13.9 Å². The van der Waals surface area contributed by atoms with Crippen molar-refractivity contribution in [1.82, 2.24) is 0 Å². The Hall–Kier alpha value is -1.91. The molecule has 0 N–H and O–H groups in total. The molecule has 1 saturated carbocycles. The number of allylic oxidation sites excluding steroid dienone is 1. The van der Waals surface area contributed by atoms with Gasteiger partial charge in [-0.15, -0.1) is 0 Å². The number of furan rings is 1. The molecule has 3 rings (SSSR count). The molecule has 2 aromatic rings. The van der Waals surface area contributed by atoms with Crippen molar-refractivity contribution in [3.05, 3.63) is 58.8 Å². The highest BCUT2D eigenvalue weighted by Gasteiger charge is 2.61. The maximum atomic E-state index is 12.3. The molecule has 1 aliphatic carbocycles. The Kier molecular flexibility index (Phi) is 5.11. The van der Waals surface area contributed by atoms with Gasteiger partial charge in [0.05, 0.1) is 5.92 Å². The summed E-state index contributed by atoms with van der Waals surface area (Å²) >= 11 is 11.4. The zero-order valence-electron chi connectivity index (χ0n) is 13.9. The fourth-order valence-corrected chi connectivity index (χ4v) is 3.17. The highest BCUT2D eigenvalue weighted by atomic mass is 35.5. The first-order chi connectivity index (χ1) is 11.9. The van der Waals surface area contributed by atoms with E-state index in [9.17, 15) is 4.79 Å². The number of carbonyl (C=O) groups is 1. The van der Waals surface area contributed by atoms with E-state index in [0.717, 1.165) is 0 Å². The molecule has 0 bridgehead atoms. The average Bonchev–Trinajstić information content (AvgIpc) is 2.90. The largest absolute Gasteiger partial charge is 0.457 e. The highest BCUT2D eigenvalue weighted by Crippen LogP contribution is 2.60. The zero-order valence-corrected chi connectivity index (χ0v) is 15.4. The van der Waals surface area contributed by atoms with E-state index in [0.29, 0.717) is 17.5 Å². The van der Waals surface area contributed by atoms with Crippen molar-refractivity contribution < 1.29 is 18.7 Å². The van der Waals surface area contributed by atoms with Crippen molar-refractivity contribution in [2.24, 2.45) is 17.3 Å². The number of hydrogen-bond acceptors (Lipinski definition) is 4. The molecule has 2 unspecified atom stereocenters. The van der Waals surface area contributed by atoms with Crippen LogP contribution in [0.3, 0.4) is 0 Å². The van der Waals surface area contributed by atoms with Crippen LogP contribution in [0.1, 0.15) is 19.6 Å². The van der Waals surface area contributed by atoms with Gasteiger partial charge in [0.1, 0.15) is 22.6 Å². The molecule has 0 spiro atoms. The van der Waals surface area contributed by atoms with Crippen LogP contribution in [0.25, 0.3) is 0 Å². The summed E-state index contributed by atoms with van der Waals surface area (Å²) in [4.78, 5) is 12.3. The summed E-state index contributed by atoms with van der Waals surface area (Å²) in [6.07, 6.45) is 1.69. The Morgan fingerprint density at radius 3 is 2.60 bits per heavy atom. The summed E-state index contributed by atoms with van der Waals surface area (Å²) in [6, 6.07) is 12.7. The fourth-order valence-electron chi connectivity index (χ4n) is 2.90. The van der Waals surface area contributed by atoms with E-state index in [1.807, 2.05) is 44.2 Å². The van der Waals surface area contributed by atoms with E-state index >= 15 is 0 Å². The number of para-hydroxylation sites is 1. The van der Waals surface area contributed by atoms with E-state index in [1.54, 1.807) is 18.2 Å². The SMILES string of the molecule is CC1(C)C(C=C(Cl)Cl)C1C(=O)OCc1ccc(Oc2ccccc2)o1. The van der Waals surface area contributed by atoms with Gasteiger partial charge in [-0.25, -0.2) is 0 Å². The standard InChI is InChI=1S/C19H18Cl2O4/c1-19(2)14(10-15(20)21)17(19)18(22)23-11-13-8-9-16(25-13)24-12-6-4-3-5-7-12/h3-10,14,17H,11H2,1-2H3. The van der Waals surface area contributed by atoms with Crippen LogP contribution in [0.5, 0.6) is 11.7 Å². The molecule has 4 nitrogen and oxygen atoms in total. The minimum absolute atomic E-state index is 0.0152. The molecule has 1 aromatic heterocycles. The summed E-state index contributed by atoms with van der Waals surface area (Å²) in [5.41, 5.74) is -0.211. The molecule has 0 amide bonds. The summed E-state index contributed by atoms with van der Waals surface area (Å²) in [5.74, 6) is 0.975. The zero-order chi connectivity index (χ0) is 18.0. The molecule has 0 radical (unpaired) electrons. The van der Waals surface area contributed by atoms with Crippen molar-refractivity contribution in [3.8, 4) is 11.7 Å². The maximum absolute atomic E-state index is 12.3. The second-order valence-electron chi connectivity index (χ2n) is 6.52. The van der Waals surface area contributed by atoms with Crippen molar-refractivity contribution in [2.75, 3.05) is 0 Å². The normalized spacial score (nSPS) is 20.6. The third-order valence-electron chi connectivity index (χ3n) is 4.43.